The van der Waals surface area contributed by atoms with Crippen molar-refractivity contribution in [2.24, 2.45) is 0 Å². The van der Waals surface area contributed by atoms with E-state index in [1.54, 1.807) is 48.5 Å². The topological polar surface area (TPSA) is 0 Å². The zero-order chi connectivity index (χ0) is 23.3. The Kier molecular flexibility index (Phi) is 9.18. The van der Waals surface area contributed by atoms with Crippen LogP contribution in [0.2, 0.25) is 0 Å². The monoisotopic (exact) mass is 470 g/mol. The fourth-order valence-electron chi connectivity index (χ4n) is 4.74. The third kappa shape index (κ3) is 5.02. The van der Waals surface area contributed by atoms with Crippen LogP contribution in [0.15, 0.2) is 97.1 Å². The zero-order valence-corrected chi connectivity index (χ0v) is 21.2. The number of alkyl halides is 4. The normalized spacial score (nSPS) is 11.2. The van der Waals surface area contributed by atoms with Gasteiger partial charge < -0.3 is 0 Å². The van der Waals surface area contributed by atoms with Crippen molar-refractivity contribution in [2.75, 3.05) is 0 Å². The van der Waals surface area contributed by atoms with Crippen LogP contribution in [0, 0.1) is 0 Å². The molecule has 0 saturated heterocycles. The molecule has 168 valence electrons. The molecule has 0 saturated carbocycles. The minimum absolute atomic E-state index is 0. The minimum Gasteiger partial charge on any atom is -0.246 e. The maximum Gasteiger partial charge on any atom is 1.00 e. The van der Waals surface area contributed by atoms with Gasteiger partial charge in [0.1, 0.15) is 32.8 Å². The smallest absolute Gasteiger partial charge is 0.246 e. The van der Waals surface area contributed by atoms with Crippen LogP contribution in [-0.4, -0.2) is 6.15 Å². The van der Waals surface area contributed by atoms with Gasteiger partial charge in [0.25, 0.3) is 0 Å². The van der Waals surface area contributed by atoms with E-state index in [9.17, 15) is 17.6 Å². The fourth-order valence-corrected chi connectivity index (χ4v) is 4.74. The molecular formula is C28H24BF4Na. The third-order valence-electron chi connectivity index (χ3n) is 6.54. The van der Waals surface area contributed by atoms with E-state index in [1.165, 1.54) is 0 Å². The van der Waals surface area contributed by atoms with Crippen LogP contribution >= 0.6 is 0 Å². The van der Waals surface area contributed by atoms with Crippen LogP contribution in [0.1, 0.15) is 22.3 Å². The predicted molar refractivity (Wildman–Crippen MR) is 129 cm³/mol. The average molecular weight is 470 g/mol. The van der Waals surface area contributed by atoms with Crippen LogP contribution in [0.25, 0.3) is 0 Å². The van der Waals surface area contributed by atoms with Gasteiger partial charge >= 0.3 is 29.6 Å². The molecule has 4 aromatic carbocycles. The molecule has 0 radical (unpaired) electrons. The summed E-state index contributed by atoms with van der Waals surface area (Å²) in [4.78, 5) is 0. The Balaban J connectivity index is 0.00000324. The van der Waals surface area contributed by atoms with Crippen molar-refractivity contribution in [1.82, 2.24) is 0 Å². The number of halogens is 4. The van der Waals surface area contributed by atoms with E-state index in [0.29, 0.717) is 22.3 Å². The van der Waals surface area contributed by atoms with E-state index in [4.69, 9.17) is 0 Å². The van der Waals surface area contributed by atoms with Crippen LogP contribution < -0.4 is 51.4 Å². The maximum absolute atomic E-state index is 13.3. The van der Waals surface area contributed by atoms with E-state index in [2.05, 4.69) is 0 Å². The first-order valence-electron chi connectivity index (χ1n) is 10.9. The molecule has 4 aromatic rings. The summed E-state index contributed by atoms with van der Waals surface area (Å²) < 4.78 is 53.1. The van der Waals surface area contributed by atoms with Gasteiger partial charge in [-0.15, -0.1) is 0 Å². The van der Waals surface area contributed by atoms with Crippen molar-refractivity contribution in [1.29, 1.82) is 0 Å². The van der Waals surface area contributed by atoms with Crippen molar-refractivity contribution >= 4 is 28.0 Å². The van der Waals surface area contributed by atoms with E-state index in [-0.39, 0.29) is 29.6 Å². The van der Waals surface area contributed by atoms with E-state index < -0.39 is 32.8 Å². The Labute approximate surface area is 220 Å². The molecule has 0 aliphatic heterocycles. The van der Waals surface area contributed by atoms with Crippen LogP contribution in [0.5, 0.6) is 0 Å². The Bertz CT molecular complexity index is 980. The van der Waals surface area contributed by atoms with Crippen molar-refractivity contribution in [3.8, 4) is 0 Å². The average Bonchev–Trinajstić information content (AvgIpc) is 2.90. The fraction of sp³-hybridized carbons (Fsp3) is 0.143. The SMILES string of the molecule is FCc1ccc([B-](c2ccc(CF)cc2)(c2ccc(CF)cc2)c2ccc(CF)cc2)cc1.[Na+]. The molecule has 0 aliphatic carbocycles. The second-order valence-corrected chi connectivity index (χ2v) is 8.37. The predicted octanol–water partition coefficient (Wildman–Crippen LogP) is 1.95. The molecule has 0 spiro atoms. The molecule has 0 bridgehead atoms. The van der Waals surface area contributed by atoms with E-state index in [0.717, 1.165) is 21.9 Å². The maximum atomic E-state index is 13.3. The standard InChI is InChI=1S/C28H24BF4.Na/c30-17-21-1-9-25(10-2-21)29(26-11-3-22(18-31)4-12-26,27-13-5-23(19-32)6-14-27)28-15-7-24(20-33)8-16-28;/h1-16H,17-20H2;/q-1;+1. The van der Waals surface area contributed by atoms with Gasteiger partial charge in [0.15, 0.2) is 0 Å². The Hall–Kier alpha value is -2.34. The van der Waals surface area contributed by atoms with Crippen LogP contribution in [0.4, 0.5) is 17.6 Å². The molecule has 0 N–H and O–H groups in total. The second-order valence-electron chi connectivity index (χ2n) is 8.37. The quantitative estimate of drug-likeness (QED) is 0.273. The molecule has 0 nitrogen and oxygen atoms in total. The van der Waals surface area contributed by atoms with Gasteiger partial charge in [-0.2, -0.15) is 21.9 Å². The summed E-state index contributed by atoms with van der Waals surface area (Å²) in [5, 5.41) is 0. The van der Waals surface area contributed by atoms with Crippen molar-refractivity contribution in [3.05, 3.63) is 119 Å². The molecule has 0 unspecified atom stereocenters. The van der Waals surface area contributed by atoms with Crippen LogP contribution in [0.3, 0.4) is 0 Å². The van der Waals surface area contributed by atoms with Gasteiger partial charge in [0, 0.05) is 0 Å². The number of rotatable bonds is 8. The summed E-state index contributed by atoms with van der Waals surface area (Å²) in [6.45, 7) is -2.27. The number of hydrogen-bond acceptors (Lipinski definition) is 0. The van der Waals surface area contributed by atoms with Crippen molar-refractivity contribution in [3.63, 3.8) is 0 Å². The van der Waals surface area contributed by atoms with Crippen molar-refractivity contribution in [2.45, 2.75) is 26.7 Å². The number of benzene rings is 4. The molecule has 0 aliphatic rings. The summed E-state index contributed by atoms with van der Waals surface area (Å²) in [5.41, 5.74) is 5.99. The molecule has 4 rings (SSSR count). The second kappa shape index (κ2) is 11.9. The van der Waals surface area contributed by atoms with Gasteiger partial charge in [-0.1, -0.05) is 97.1 Å². The molecule has 6 heteroatoms. The van der Waals surface area contributed by atoms with Gasteiger partial charge in [0.05, 0.1) is 0 Å². The molecule has 0 atom stereocenters. The summed E-state index contributed by atoms with van der Waals surface area (Å²) in [5.74, 6) is 0. The minimum atomic E-state index is -1.79. The molecular weight excluding hydrogens is 446 g/mol. The molecule has 34 heavy (non-hydrogen) atoms. The van der Waals surface area contributed by atoms with Crippen LogP contribution in [-0.2, 0) is 26.7 Å². The van der Waals surface area contributed by atoms with Gasteiger partial charge in [-0.3, -0.25) is 0 Å². The molecule has 0 fully saturated rings. The first-order valence-corrected chi connectivity index (χ1v) is 10.9. The first-order chi connectivity index (χ1) is 16.1. The summed E-state index contributed by atoms with van der Waals surface area (Å²) >= 11 is 0. The van der Waals surface area contributed by atoms with Gasteiger partial charge in [-0.25, -0.2) is 17.6 Å². The Morgan fingerprint density at radius 1 is 0.353 bits per heavy atom. The summed E-state index contributed by atoms with van der Waals surface area (Å²) in [6, 6.07) is 29.3. The number of hydrogen-bond donors (Lipinski definition) is 0. The Morgan fingerprint density at radius 2 is 0.529 bits per heavy atom. The molecule has 0 amide bonds. The van der Waals surface area contributed by atoms with E-state index >= 15 is 0 Å². The summed E-state index contributed by atoms with van der Waals surface area (Å²) in [7, 11) is 0. The molecule has 0 heterocycles. The summed E-state index contributed by atoms with van der Waals surface area (Å²) in [6.07, 6.45) is -1.79. The van der Waals surface area contributed by atoms with Crippen molar-refractivity contribution < 1.29 is 47.1 Å². The van der Waals surface area contributed by atoms with E-state index in [1.807, 2.05) is 48.5 Å². The first kappa shape index (κ1) is 26.3. The Morgan fingerprint density at radius 3 is 0.676 bits per heavy atom. The zero-order valence-electron chi connectivity index (χ0n) is 19.2. The van der Waals surface area contributed by atoms with Gasteiger partial charge in [-0.05, 0) is 22.3 Å². The van der Waals surface area contributed by atoms with Gasteiger partial charge in [0.2, 0.25) is 0 Å². The third-order valence-corrected chi connectivity index (χ3v) is 6.54. The largest absolute Gasteiger partial charge is 1.00 e. The molecule has 0 aromatic heterocycles.